The summed E-state index contributed by atoms with van der Waals surface area (Å²) in [6, 6.07) is 14.6. The van der Waals surface area contributed by atoms with Crippen LogP contribution in [0.4, 0.5) is 5.82 Å². The normalized spacial score (nSPS) is 13.1. The van der Waals surface area contributed by atoms with Crippen molar-refractivity contribution in [2.75, 3.05) is 5.73 Å². The third kappa shape index (κ3) is 3.24. The summed E-state index contributed by atoms with van der Waals surface area (Å²) >= 11 is 0. The number of aromatic nitrogens is 1. The standard InChI is InChI=1S/C18H25N3/c1-3-18(4-2,15-8-6-5-7-9-15)16(19)12-14-10-11-21-17(20)13-14/h5-11,13,16H,3-4,12,19H2,1-2H3,(H2,20,21). The van der Waals surface area contributed by atoms with Gasteiger partial charge in [-0.1, -0.05) is 44.2 Å². The van der Waals surface area contributed by atoms with Gasteiger partial charge in [-0.05, 0) is 42.5 Å². The summed E-state index contributed by atoms with van der Waals surface area (Å²) in [4.78, 5) is 4.04. The minimum atomic E-state index is -0.000702. The van der Waals surface area contributed by atoms with Crippen molar-refractivity contribution in [1.29, 1.82) is 0 Å². The lowest BCUT2D eigenvalue weighted by atomic mass is 9.69. The summed E-state index contributed by atoms with van der Waals surface area (Å²) in [7, 11) is 0. The lowest BCUT2D eigenvalue weighted by Gasteiger charge is -2.38. The molecule has 0 spiro atoms. The zero-order valence-corrected chi connectivity index (χ0v) is 12.9. The van der Waals surface area contributed by atoms with Crippen LogP contribution in [0.5, 0.6) is 0 Å². The smallest absolute Gasteiger partial charge is 0.123 e. The summed E-state index contributed by atoms with van der Waals surface area (Å²) in [6.45, 7) is 4.44. The first kappa shape index (κ1) is 15.5. The average Bonchev–Trinajstić information content (AvgIpc) is 2.50. The van der Waals surface area contributed by atoms with Crippen molar-refractivity contribution < 1.29 is 0 Å². The molecule has 1 aromatic carbocycles. The molecule has 0 saturated carbocycles. The zero-order valence-electron chi connectivity index (χ0n) is 12.9. The van der Waals surface area contributed by atoms with Crippen molar-refractivity contribution in [2.24, 2.45) is 5.73 Å². The van der Waals surface area contributed by atoms with Gasteiger partial charge in [-0.25, -0.2) is 4.98 Å². The number of nitrogens with two attached hydrogens (primary N) is 2. The van der Waals surface area contributed by atoms with E-state index in [0.29, 0.717) is 5.82 Å². The Kier molecular flexibility index (Phi) is 4.97. The van der Waals surface area contributed by atoms with Crippen LogP contribution in [-0.4, -0.2) is 11.0 Å². The second kappa shape index (κ2) is 6.72. The highest BCUT2D eigenvalue weighted by atomic mass is 14.8. The number of hydrogen-bond donors (Lipinski definition) is 2. The molecule has 112 valence electrons. The molecule has 0 saturated heterocycles. The molecule has 0 radical (unpaired) electrons. The van der Waals surface area contributed by atoms with Gasteiger partial charge in [0.2, 0.25) is 0 Å². The Bertz CT molecular complexity index is 562. The Labute approximate surface area is 127 Å². The third-order valence-corrected chi connectivity index (χ3v) is 4.62. The molecule has 0 amide bonds. The fourth-order valence-electron chi connectivity index (χ4n) is 3.24. The van der Waals surface area contributed by atoms with E-state index in [9.17, 15) is 0 Å². The number of nitrogen functional groups attached to an aromatic ring is 1. The van der Waals surface area contributed by atoms with Gasteiger partial charge < -0.3 is 11.5 Å². The lowest BCUT2D eigenvalue weighted by Crippen LogP contribution is -2.46. The van der Waals surface area contributed by atoms with E-state index in [2.05, 4.69) is 49.2 Å². The SMILES string of the molecule is CCC(CC)(c1ccccc1)C(N)Cc1ccnc(N)c1. The van der Waals surface area contributed by atoms with E-state index >= 15 is 0 Å². The number of pyridine rings is 1. The Hall–Kier alpha value is -1.87. The molecule has 3 heteroatoms. The number of nitrogens with zero attached hydrogens (tertiary/aromatic N) is 1. The minimum Gasteiger partial charge on any atom is -0.384 e. The molecule has 21 heavy (non-hydrogen) atoms. The molecule has 0 aliphatic carbocycles. The summed E-state index contributed by atoms with van der Waals surface area (Å²) in [5, 5.41) is 0. The largest absolute Gasteiger partial charge is 0.384 e. The molecule has 1 atom stereocenters. The molecule has 1 heterocycles. The maximum Gasteiger partial charge on any atom is 0.123 e. The van der Waals surface area contributed by atoms with Crippen LogP contribution in [0.1, 0.15) is 37.8 Å². The molecule has 2 rings (SSSR count). The van der Waals surface area contributed by atoms with E-state index in [0.717, 1.165) is 24.8 Å². The molecule has 0 aliphatic heterocycles. The van der Waals surface area contributed by atoms with Crippen LogP contribution in [0.3, 0.4) is 0 Å². The highest BCUT2D eigenvalue weighted by molar-refractivity contribution is 5.34. The van der Waals surface area contributed by atoms with E-state index in [1.165, 1.54) is 5.56 Å². The first-order chi connectivity index (χ1) is 10.1. The van der Waals surface area contributed by atoms with Crippen LogP contribution in [0, 0.1) is 0 Å². The number of anilines is 1. The summed E-state index contributed by atoms with van der Waals surface area (Å²) < 4.78 is 0. The van der Waals surface area contributed by atoms with Gasteiger partial charge >= 0.3 is 0 Å². The van der Waals surface area contributed by atoms with Gasteiger partial charge in [0.1, 0.15) is 5.82 Å². The molecule has 3 nitrogen and oxygen atoms in total. The van der Waals surface area contributed by atoms with Gasteiger partial charge in [0.15, 0.2) is 0 Å². The Morgan fingerprint density at radius 3 is 2.33 bits per heavy atom. The molecule has 4 N–H and O–H groups in total. The molecular weight excluding hydrogens is 258 g/mol. The number of benzene rings is 1. The van der Waals surface area contributed by atoms with E-state index < -0.39 is 0 Å². The predicted octanol–water partition coefficient (Wildman–Crippen LogP) is 3.29. The lowest BCUT2D eigenvalue weighted by molar-refractivity contribution is 0.315. The van der Waals surface area contributed by atoms with Gasteiger partial charge in [-0.3, -0.25) is 0 Å². The van der Waals surface area contributed by atoms with Gasteiger partial charge in [0.25, 0.3) is 0 Å². The fraction of sp³-hybridized carbons (Fsp3) is 0.389. The summed E-state index contributed by atoms with van der Waals surface area (Å²) in [6.07, 6.45) is 4.60. The Morgan fingerprint density at radius 1 is 1.10 bits per heavy atom. The molecule has 1 unspecified atom stereocenters. The zero-order chi connectivity index (χ0) is 15.3. The van der Waals surface area contributed by atoms with Crippen molar-refractivity contribution in [3.05, 3.63) is 59.8 Å². The molecule has 0 bridgehead atoms. The quantitative estimate of drug-likeness (QED) is 0.855. The predicted molar refractivity (Wildman–Crippen MR) is 89.0 cm³/mol. The number of hydrogen-bond acceptors (Lipinski definition) is 3. The van der Waals surface area contributed by atoms with Crippen LogP contribution >= 0.6 is 0 Å². The van der Waals surface area contributed by atoms with Crippen molar-refractivity contribution in [3.63, 3.8) is 0 Å². The van der Waals surface area contributed by atoms with Gasteiger partial charge in [-0.15, -0.1) is 0 Å². The van der Waals surface area contributed by atoms with Crippen LogP contribution in [0.25, 0.3) is 0 Å². The molecule has 1 aromatic heterocycles. The highest BCUT2D eigenvalue weighted by Gasteiger charge is 2.34. The second-order valence-corrected chi connectivity index (χ2v) is 5.63. The van der Waals surface area contributed by atoms with E-state index in [-0.39, 0.29) is 11.5 Å². The molecule has 2 aromatic rings. The van der Waals surface area contributed by atoms with Crippen molar-refractivity contribution >= 4 is 5.82 Å². The van der Waals surface area contributed by atoms with Gasteiger partial charge in [0.05, 0.1) is 0 Å². The van der Waals surface area contributed by atoms with Crippen molar-refractivity contribution in [2.45, 2.75) is 44.6 Å². The van der Waals surface area contributed by atoms with Gasteiger partial charge in [0, 0.05) is 17.7 Å². The van der Waals surface area contributed by atoms with E-state index in [4.69, 9.17) is 11.5 Å². The molecular formula is C18H25N3. The fourth-order valence-corrected chi connectivity index (χ4v) is 3.24. The molecule has 0 aliphatic rings. The van der Waals surface area contributed by atoms with Crippen LogP contribution < -0.4 is 11.5 Å². The number of rotatable bonds is 6. The average molecular weight is 283 g/mol. The van der Waals surface area contributed by atoms with Crippen LogP contribution in [-0.2, 0) is 11.8 Å². The van der Waals surface area contributed by atoms with Crippen molar-refractivity contribution in [1.82, 2.24) is 4.98 Å². The molecule has 0 fully saturated rings. The first-order valence-electron chi connectivity index (χ1n) is 7.64. The van der Waals surface area contributed by atoms with Crippen LogP contribution in [0.15, 0.2) is 48.7 Å². The Morgan fingerprint density at radius 2 is 1.76 bits per heavy atom. The highest BCUT2D eigenvalue weighted by Crippen LogP contribution is 2.35. The maximum atomic E-state index is 6.63. The summed E-state index contributed by atoms with van der Waals surface area (Å²) in [5.41, 5.74) is 14.9. The van der Waals surface area contributed by atoms with E-state index in [1.807, 2.05) is 12.1 Å². The minimum absolute atomic E-state index is 0.000702. The van der Waals surface area contributed by atoms with Gasteiger partial charge in [-0.2, -0.15) is 0 Å². The van der Waals surface area contributed by atoms with E-state index in [1.54, 1.807) is 6.20 Å². The third-order valence-electron chi connectivity index (χ3n) is 4.62. The topological polar surface area (TPSA) is 64.9 Å². The monoisotopic (exact) mass is 283 g/mol. The maximum absolute atomic E-state index is 6.63. The summed E-state index contributed by atoms with van der Waals surface area (Å²) in [5.74, 6) is 0.554. The second-order valence-electron chi connectivity index (χ2n) is 5.63. The first-order valence-corrected chi connectivity index (χ1v) is 7.64. The Balaban J connectivity index is 2.29. The van der Waals surface area contributed by atoms with Crippen molar-refractivity contribution in [3.8, 4) is 0 Å². The van der Waals surface area contributed by atoms with Crippen LogP contribution in [0.2, 0.25) is 0 Å².